The number of sulfone groups is 1. The van der Waals surface area contributed by atoms with Crippen LogP contribution in [0.1, 0.15) is 66.5 Å². The maximum absolute atomic E-state index is 14.7. The molecule has 6 aromatic carbocycles. The molecule has 0 saturated carbocycles. The second-order valence-corrected chi connectivity index (χ2v) is 20.4. The van der Waals surface area contributed by atoms with Gasteiger partial charge in [-0.05, 0) is 70.7 Å². The third kappa shape index (κ3) is 13.7. The molecule has 0 aromatic heterocycles. The SMILES string of the molecule is CC(C)C[C@H](NC(=O)OCc1ccccc1)C(=O)N[C@@H](Cc1ccccc1)C(=O)N[C@H](/C=C/C(=O)N1CCc2ccc(S(C)(=O)=O)cc21)CCC(=O)NC(c1ccccc1)(c1ccccc1)c1ccccc1. The van der Waals surface area contributed by atoms with Crippen molar-refractivity contribution in [3.05, 3.63) is 215 Å². The van der Waals surface area contributed by atoms with Crippen molar-refractivity contribution in [2.45, 2.75) is 81.1 Å². The lowest BCUT2D eigenvalue weighted by atomic mass is 9.77. The molecule has 0 saturated heterocycles. The monoisotopic (exact) mass is 987 g/mol. The number of fused-ring (bicyclic) bond motifs is 1. The zero-order chi connectivity index (χ0) is 51.1. The summed E-state index contributed by atoms with van der Waals surface area (Å²) < 4.78 is 30.4. The fraction of sp³-hybridized carbons (Fsp3) is 0.259. The van der Waals surface area contributed by atoms with Crippen LogP contribution in [0.3, 0.4) is 0 Å². The Morgan fingerprint density at radius 2 is 1.19 bits per heavy atom. The number of alkyl carbamates (subject to hydrolysis) is 1. The number of ether oxygens (including phenoxy) is 1. The van der Waals surface area contributed by atoms with Crippen molar-refractivity contribution >= 4 is 45.2 Å². The normalized spacial score (nSPS) is 13.6. The number of carbonyl (C=O) groups is 5. The maximum atomic E-state index is 14.7. The number of rotatable bonds is 21. The molecule has 6 aromatic rings. The molecule has 4 N–H and O–H groups in total. The largest absolute Gasteiger partial charge is 0.445 e. The highest BCUT2D eigenvalue weighted by molar-refractivity contribution is 7.90. The summed E-state index contributed by atoms with van der Waals surface area (Å²) in [5, 5.41) is 12.0. The van der Waals surface area contributed by atoms with Crippen molar-refractivity contribution in [3.8, 4) is 0 Å². The van der Waals surface area contributed by atoms with Gasteiger partial charge in [0, 0.05) is 43.4 Å². The second-order valence-electron chi connectivity index (χ2n) is 18.4. The van der Waals surface area contributed by atoms with E-state index in [-0.39, 0.29) is 49.0 Å². The zero-order valence-corrected chi connectivity index (χ0v) is 41.5. The molecular weight excluding hydrogens is 927 g/mol. The van der Waals surface area contributed by atoms with Gasteiger partial charge >= 0.3 is 6.09 Å². The number of nitrogens with one attached hydrogen (secondary N) is 4. The minimum absolute atomic E-state index is 0.00509. The molecule has 372 valence electrons. The molecule has 13 nitrogen and oxygen atoms in total. The zero-order valence-electron chi connectivity index (χ0n) is 40.7. The average molecular weight is 988 g/mol. The van der Waals surface area contributed by atoms with Gasteiger partial charge in [0.15, 0.2) is 9.84 Å². The van der Waals surface area contributed by atoms with E-state index in [9.17, 15) is 32.4 Å². The van der Waals surface area contributed by atoms with Crippen LogP contribution in [0.5, 0.6) is 0 Å². The topological polar surface area (TPSA) is 180 Å². The standard InChI is InChI=1S/C58H61N5O8S/c1-41(2)37-50(61-57(68)71-40-43-21-11-5-12-22-43)56(67)60-51(38-42-19-9-4-10-20-42)55(66)59-48(31-34-54(65)63-36-35-44-29-32-49(39-52(44)63)72(3,69)70)30-33-53(64)62-58(45-23-13-6-14-24-45,46-25-15-7-16-26-46)47-27-17-8-18-28-47/h4-29,31-32,34,39,41,48,50-51H,30,33,35-38,40H2,1-3H3,(H,59,66)(H,60,67)(H,61,68)(H,62,64)/b34-31+/t48-,50-,51-/m0/s1. The van der Waals surface area contributed by atoms with Gasteiger partial charge in [0.2, 0.25) is 17.7 Å². The number of nitrogens with zero attached hydrogens (tertiary/aromatic N) is 1. The van der Waals surface area contributed by atoms with E-state index < -0.39 is 57.3 Å². The van der Waals surface area contributed by atoms with Crippen molar-refractivity contribution in [1.82, 2.24) is 21.3 Å². The Morgan fingerprint density at radius 3 is 1.74 bits per heavy atom. The van der Waals surface area contributed by atoms with Crippen LogP contribution in [0.25, 0.3) is 0 Å². The predicted molar refractivity (Wildman–Crippen MR) is 278 cm³/mol. The van der Waals surface area contributed by atoms with Gasteiger partial charge in [-0.1, -0.05) is 178 Å². The Morgan fingerprint density at radius 1 is 0.667 bits per heavy atom. The number of anilines is 1. The Balaban J connectivity index is 1.17. The number of hydrogen-bond donors (Lipinski definition) is 4. The van der Waals surface area contributed by atoms with Crippen molar-refractivity contribution in [3.63, 3.8) is 0 Å². The summed E-state index contributed by atoms with van der Waals surface area (Å²) in [5.74, 6) is -2.02. The van der Waals surface area contributed by atoms with Crippen molar-refractivity contribution in [1.29, 1.82) is 0 Å². The smallest absolute Gasteiger partial charge is 0.408 e. The molecule has 72 heavy (non-hydrogen) atoms. The quantitative estimate of drug-likeness (QED) is 0.0414. The second kappa shape index (κ2) is 24.3. The molecule has 0 spiro atoms. The lowest BCUT2D eigenvalue weighted by Crippen LogP contribution is -2.56. The average Bonchev–Trinajstić information content (AvgIpc) is 3.82. The Labute approximate surface area is 422 Å². The van der Waals surface area contributed by atoms with Gasteiger partial charge < -0.3 is 30.9 Å². The minimum atomic E-state index is -3.56. The Bertz CT molecular complexity index is 2840. The molecule has 0 unspecified atom stereocenters. The molecule has 1 heterocycles. The van der Waals surface area contributed by atoms with Crippen molar-refractivity contribution in [2.24, 2.45) is 5.92 Å². The molecule has 0 fully saturated rings. The van der Waals surface area contributed by atoms with Crippen LogP contribution in [0, 0.1) is 5.92 Å². The van der Waals surface area contributed by atoms with Gasteiger partial charge in [-0.15, -0.1) is 0 Å². The first kappa shape index (κ1) is 52.0. The van der Waals surface area contributed by atoms with Crippen LogP contribution in [0.15, 0.2) is 187 Å². The van der Waals surface area contributed by atoms with Gasteiger partial charge in [-0.2, -0.15) is 0 Å². The summed E-state index contributed by atoms with van der Waals surface area (Å²) in [7, 11) is -3.56. The molecule has 1 aliphatic rings. The van der Waals surface area contributed by atoms with Gasteiger partial charge in [-0.25, -0.2) is 13.2 Å². The van der Waals surface area contributed by atoms with Gasteiger partial charge in [0.25, 0.3) is 5.91 Å². The predicted octanol–water partition coefficient (Wildman–Crippen LogP) is 7.98. The highest BCUT2D eigenvalue weighted by Crippen LogP contribution is 2.37. The molecule has 1 aliphatic heterocycles. The number of carbonyl (C=O) groups excluding carboxylic acids is 5. The van der Waals surface area contributed by atoms with E-state index in [4.69, 9.17) is 4.74 Å². The molecule has 0 aliphatic carbocycles. The highest BCUT2D eigenvalue weighted by Gasteiger charge is 2.38. The fourth-order valence-electron chi connectivity index (χ4n) is 8.89. The summed E-state index contributed by atoms with van der Waals surface area (Å²) >= 11 is 0. The lowest BCUT2D eigenvalue weighted by Gasteiger charge is -2.37. The summed E-state index contributed by atoms with van der Waals surface area (Å²) in [6, 6.07) is 48.9. The van der Waals surface area contributed by atoms with E-state index in [1.807, 2.05) is 166 Å². The van der Waals surface area contributed by atoms with E-state index in [0.717, 1.165) is 39.6 Å². The first-order chi connectivity index (χ1) is 34.7. The van der Waals surface area contributed by atoms with Gasteiger partial charge in [0.1, 0.15) is 24.2 Å². The van der Waals surface area contributed by atoms with E-state index in [1.165, 1.54) is 29.2 Å². The van der Waals surface area contributed by atoms with Crippen LogP contribution >= 0.6 is 0 Å². The van der Waals surface area contributed by atoms with Crippen molar-refractivity contribution in [2.75, 3.05) is 17.7 Å². The molecule has 0 bridgehead atoms. The van der Waals surface area contributed by atoms with Gasteiger partial charge in [-0.3, -0.25) is 19.2 Å². The van der Waals surface area contributed by atoms with Crippen LogP contribution in [-0.4, -0.2) is 69.1 Å². The van der Waals surface area contributed by atoms with Crippen LogP contribution in [0.2, 0.25) is 0 Å². The summed E-state index contributed by atoms with van der Waals surface area (Å²) in [4.78, 5) is 72.2. The number of benzene rings is 6. The highest BCUT2D eigenvalue weighted by atomic mass is 32.2. The third-order valence-corrected chi connectivity index (χ3v) is 13.6. The summed E-state index contributed by atoms with van der Waals surface area (Å²) in [6.07, 6.45) is 3.92. The maximum Gasteiger partial charge on any atom is 0.408 e. The van der Waals surface area contributed by atoms with Crippen LogP contribution in [-0.2, 0) is 58.7 Å². The first-order valence-electron chi connectivity index (χ1n) is 24.1. The Hall–Kier alpha value is -7.84. The minimum Gasteiger partial charge on any atom is -0.445 e. The van der Waals surface area contributed by atoms with E-state index in [0.29, 0.717) is 18.7 Å². The molecular formula is C58H61N5O8S. The van der Waals surface area contributed by atoms with E-state index in [1.54, 1.807) is 6.07 Å². The van der Waals surface area contributed by atoms with E-state index >= 15 is 0 Å². The Kier molecular flexibility index (Phi) is 17.6. The molecule has 7 rings (SSSR count). The molecule has 14 heteroatoms. The number of hydrogen-bond acceptors (Lipinski definition) is 8. The van der Waals surface area contributed by atoms with Gasteiger partial charge in [0.05, 0.1) is 4.90 Å². The number of amides is 5. The van der Waals surface area contributed by atoms with Crippen LogP contribution in [0.4, 0.5) is 10.5 Å². The van der Waals surface area contributed by atoms with Crippen LogP contribution < -0.4 is 26.2 Å². The van der Waals surface area contributed by atoms with E-state index in [2.05, 4.69) is 21.3 Å². The molecule has 5 amide bonds. The first-order valence-corrected chi connectivity index (χ1v) is 26.0. The molecule has 3 atom stereocenters. The third-order valence-electron chi connectivity index (χ3n) is 12.5. The van der Waals surface area contributed by atoms with Crippen molar-refractivity contribution < 1.29 is 37.1 Å². The molecule has 0 radical (unpaired) electrons. The summed E-state index contributed by atoms with van der Waals surface area (Å²) in [6.45, 7) is 4.13. The lowest BCUT2D eigenvalue weighted by molar-refractivity contribution is -0.130. The summed E-state index contributed by atoms with van der Waals surface area (Å²) in [5.41, 5.74) is 4.17. The fourth-order valence-corrected chi connectivity index (χ4v) is 9.53.